The van der Waals surface area contributed by atoms with E-state index >= 15 is 0 Å². The molecule has 33 heavy (non-hydrogen) atoms. The Kier molecular flexibility index (Phi) is 5.62. The first-order chi connectivity index (χ1) is 15.9. The molecule has 0 bridgehead atoms. The molecule has 1 saturated heterocycles. The largest absolute Gasteiger partial charge is 0.365 e. The van der Waals surface area contributed by atoms with E-state index in [9.17, 15) is 9.59 Å². The molecule has 170 valence electrons. The van der Waals surface area contributed by atoms with Crippen molar-refractivity contribution in [3.63, 3.8) is 0 Å². The third-order valence-electron chi connectivity index (χ3n) is 6.58. The number of rotatable bonds is 4. The van der Waals surface area contributed by atoms with Gasteiger partial charge in [0.2, 0.25) is 10.7 Å². The van der Waals surface area contributed by atoms with E-state index in [4.69, 9.17) is 12.2 Å². The Bertz CT molecular complexity index is 1300. The predicted molar refractivity (Wildman–Crippen MR) is 132 cm³/mol. The van der Waals surface area contributed by atoms with E-state index in [0.717, 1.165) is 17.4 Å². The van der Waals surface area contributed by atoms with E-state index in [1.165, 1.54) is 15.8 Å². The number of para-hydroxylation sites is 1. The van der Waals surface area contributed by atoms with Crippen LogP contribution in [0, 0.1) is 11.7 Å². The SMILES string of the molecule is Cc1cccc(N2CCN(C(=O)CCC3Nc4c5ccccc5nc(=S)n4C3=O)CC2C)c1. The van der Waals surface area contributed by atoms with Gasteiger partial charge in [-0.15, -0.1) is 0 Å². The molecule has 2 aliphatic heterocycles. The molecular weight excluding hydrogens is 434 g/mol. The molecule has 0 radical (unpaired) electrons. The van der Waals surface area contributed by atoms with Gasteiger partial charge in [0, 0.05) is 43.2 Å². The first kappa shape index (κ1) is 21.6. The Morgan fingerprint density at radius 1 is 1.18 bits per heavy atom. The highest BCUT2D eigenvalue weighted by Gasteiger charge is 2.33. The highest BCUT2D eigenvalue weighted by molar-refractivity contribution is 7.71. The summed E-state index contributed by atoms with van der Waals surface area (Å²) in [6.07, 6.45) is 0.738. The minimum Gasteiger partial charge on any atom is -0.365 e. The van der Waals surface area contributed by atoms with Gasteiger partial charge in [-0.05, 0) is 62.3 Å². The van der Waals surface area contributed by atoms with Crippen LogP contribution in [0.1, 0.15) is 30.1 Å². The number of hydrogen-bond acceptors (Lipinski definition) is 6. The number of fused-ring (bicyclic) bond motifs is 3. The highest BCUT2D eigenvalue weighted by atomic mass is 32.1. The minimum atomic E-state index is -0.478. The van der Waals surface area contributed by atoms with E-state index in [2.05, 4.69) is 53.3 Å². The van der Waals surface area contributed by atoms with Gasteiger partial charge in [-0.1, -0.05) is 24.3 Å². The van der Waals surface area contributed by atoms with Crippen molar-refractivity contribution >= 4 is 46.4 Å². The van der Waals surface area contributed by atoms with Crippen LogP contribution in [-0.2, 0) is 4.79 Å². The van der Waals surface area contributed by atoms with Crippen LogP contribution >= 0.6 is 12.2 Å². The Morgan fingerprint density at radius 3 is 2.79 bits per heavy atom. The fourth-order valence-electron chi connectivity index (χ4n) is 4.87. The lowest BCUT2D eigenvalue weighted by Gasteiger charge is -2.41. The average Bonchev–Trinajstić information content (AvgIpc) is 3.14. The van der Waals surface area contributed by atoms with Crippen molar-refractivity contribution in [2.24, 2.45) is 0 Å². The summed E-state index contributed by atoms with van der Waals surface area (Å²) in [6, 6.07) is 15.8. The number of amides is 1. The first-order valence-electron chi connectivity index (χ1n) is 11.4. The van der Waals surface area contributed by atoms with Crippen molar-refractivity contribution in [2.45, 2.75) is 38.8 Å². The number of aromatic nitrogens is 2. The monoisotopic (exact) mass is 461 g/mol. The molecule has 0 aliphatic carbocycles. The highest BCUT2D eigenvalue weighted by Crippen LogP contribution is 2.29. The van der Waals surface area contributed by atoms with Gasteiger partial charge in [0.25, 0.3) is 5.91 Å². The van der Waals surface area contributed by atoms with Gasteiger partial charge in [0.1, 0.15) is 11.9 Å². The van der Waals surface area contributed by atoms with E-state index in [-0.39, 0.29) is 22.6 Å². The van der Waals surface area contributed by atoms with Crippen molar-refractivity contribution < 1.29 is 9.59 Å². The summed E-state index contributed by atoms with van der Waals surface area (Å²) in [5.41, 5.74) is 3.19. The maximum Gasteiger partial charge on any atom is 0.257 e. The van der Waals surface area contributed by atoms with Crippen molar-refractivity contribution in [1.29, 1.82) is 0 Å². The fourth-order valence-corrected chi connectivity index (χ4v) is 5.15. The topological polar surface area (TPSA) is 70.5 Å². The number of carbonyl (C=O) groups is 2. The van der Waals surface area contributed by atoms with Crippen molar-refractivity contribution in [2.75, 3.05) is 29.9 Å². The van der Waals surface area contributed by atoms with E-state index < -0.39 is 6.04 Å². The maximum atomic E-state index is 13.0. The van der Waals surface area contributed by atoms with Crippen molar-refractivity contribution in [3.8, 4) is 0 Å². The van der Waals surface area contributed by atoms with E-state index in [0.29, 0.717) is 31.7 Å². The Balaban J connectivity index is 1.23. The molecule has 2 aliphatic rings. The molecule has 7 nitrogen and oxygen atoms in total. The molecule has 2 unspecified atom stereocenters. The second-order valence-electron chi connectivity index (χ2n) is 8.89. The van der Waals surface area contributed by atoms with Crippen LogP contribution in [0.3, 0.4) is 0 Å². The number of nitrogens with one attached hydrogen (secondary N) is 1. The molecule has 5 rings (SSSR count). The summed E-state index contributed by atoms with van der Waals surface area (Å²) in [7, 11) is 0. The zero-order valence-corrected chi connectivity index (χ0v) is 19.6. The lowest BCUT2D eigenvalue weighted by atomic mass is 10.1. The smallest absolute Gasteiger partial charge is 0.257 e. The number of carbonyl (C=O) groups excluding carboxylic acids is 2. The molecule has 8 heteroatoms. The van der Waals surface area contributed by atoms with E-state index in [1.807, 2.05) is 29.2 Å². The zero-order valence-electron chi connectivity index (χ0n) is 18.8. The minimum absolute atomic E-state index is 0.0860. The lowest BCUT2D eigenvalue weighted by Crippen LogP contribution is -2.53. The molecular formula is C25H27N5O2S. The predicted octanol–water partition coefficient (Wildman–Crippen LogP) is 4.03. The van der Waals surface area contributed by atoms with Gasteiger partial charge >= 0.3 is 0 Å². The van der Waals surface area contributed by atoms with Crippen LogP contribution < -0.4 is 10.2 Å². The third-order valence-corrected chi connectivity index (χ3v) is 6.85. The van der Waals surface area contributed by atoms with Crippen molar-refractivity contribution in [3.05, 3.63) is 58.9 Å². The molecule has 3 aromatic rings. The van der Waals surface area contributed by atoms with Gasteiger partial charge < -0.3 is 15.1 Å². The molecule has 2 aromatic carbocycles. The van der Waals surface area contributed by atoms with Crippen LogP contribution in [0.4, 0.5) is 11.5 Å². The quantitative estimate of drug-likeness (QED) is 0.592. The second kappa shape index (κ2) is 8.59. The van der Waals surface area contributed by atoms with Crippen LogP contribution in [0.25, 0.3) is 10.9 Å². The molecule has 0 spiro atoms. The van der Waals surface area contributed by atoms with Crippen LogP contribution in [0.2, 0.25) is 0 Å². The van der Waals surface area contributed by atoms with Crippen molar-refractivity contribution in [1.82, 2.24) is 14.5 Å². The number of hydrogen-bond donors (Lipinski definition) is 1. The molecule has 3 heterocycles. The summed E-state index contributed by atoms with van der Waals surface area (Å²) in [5, 5.41) is 4.15. The normalized spacial score (nSPS) is 20.1. The van der Waals surface area contributed by atoms with Gasteiger partial charge in [0.05, 0.1) is 5.52 Å². The summed E-state index contributed by atoms with van der Waals surface area (Å²) in [6.45, 7) is 6.41. The number of anilines is 2. The average molecular weight is 462 g/mol. The Morgan fingerprint density at radius 2 is 2.00 bits per heavy atom. The van der Waals surface area contributed by atoms with Gasteiger partial charge in [-0.2, -0.15) is 0 Å². The van der Waals surface area contributed by atoms with Crippen LogP contribution in [0.5, 0.6) is 0 Å². The van der Waals surface area contributed by atoms with Gasteiger partial charge in [0.15, 0.2) is 0 Å². The van der Waals surface area contributed by atoms with E-state index in [1.54, 1.807) is 0 Å². The molecule has 1 aromatic heterocycles. The summed E-state index contributed by atoms with van der Waals surface area (Å²) in [5.74, 6) is 0.620. The third kappa shape index (κ3) is 3.99. The van der Waals surface area contributed by atoms with Gasteiger partial charge in [-0.25, -0.2) is 9.55 Å². The number of aryl methyl sites for hydroxylation is 1. The molecule has 1 amide bonds. The first-order valence-corrected chi connectivity index (χ1v) is 11.8. The molecule has 1 N–H and O–H groups in total. The molecule has 0 saturated carbocycles. The number of nitrogens with zero attached hydrogens (tertiary/aromatic N) is 4. The molecule has 2 atom stereocenters. The Hall–Kier alpha value is -3.26. The molecule has 1 fully saturated rings. The zero-order chi connectivity index (χ0) is 23.1. The van der Waals surface area contributed by atoms with Crippen LogP contribution in [-0.4, -0.2) is 58.0 Å². The standard InChI is InChI=1S/C25H27N5O2S/c1-16-6-5-7-18(14-16)29-13-12-28(15-17(29)2)22(31)11-10-21-24(32)30-23(26-21)19-8-3-4-9-20(19)27-25(30)33/h3-9,14,17,21,26H,10-13,15H2,1-2H3. The summed E-state index contributed by atoms with van der Waals surface area (Å²) in [4.78, 5) is 34.6. The fraction of sp³-hybridized carbons (Fsp3) is 0.360. The summed E-state index contributed by atoms with van der Waals surface area (Å²) >= 11 is 5.36. The summed E-state index contributed by atoms with van der Waals surface area (Å²) < 4.78 is 1.71. The number of benzene rings is 2. The maximum absolute atomic E-state index is 13.0. The lowest BCUT2D eigenvalue weighted by molar-refractivity contribution is -0.132. The van der Waals surface area contributed by atoms with Crippen LogP contribution in [0.15, 0.2) is 48.5 Å². The second-order valence-corrected chi connectivity index (χ2v) is 9.26. The number of piperazine rings is 1. The Labute approximate surface area is 198 Å². The van der Waals surface area contributed by atoms with Gasteiger partial charge in [-0.3, -0.25) is 9.59 Å².